The summed E-state index contributed by atoms with van der Waals surface area (Å²) < 4.78 is 4.74. The molecule has 3 nitrogen and oxygen atoms in total. The first-order valence-electron chi connectivity index (χ1n) is 4.96. The minimum Gasteiger partial charge on any atom is -0.462 e. The van der Waals surface area contributed by atoms with Gasteiger partial charge < -0.3 is 4.74 Å². The molecule has 1 aliphatic heterocycles. The van der Waals surface area contributed by atoms with Crippen molar-refractivity contribution in [2.45, 2.75) is 18.7 Å². The Hall–Kier alpha value is 1.62. The molecule has 1 heterocycles. The summed E-state index contributed by atoms with van der Waals surface area (Å²) in [4.78, 5) is 13.8. The molecule has 0 aliphatic carbocycles. The number of nitrogens with zero attached hydrogens (tertiary/aromatic N) is 1. The standard InChI is InChI=1S/C9H14I3NO2/c10-9(11,12)8(14)15-7-6-13-4-2-1-3-5-13/h1-7H2. The van der Waals surface area contributed by atoms with Crippen LogP contribution in [0.1, 0.15) is 19.3 Å². The van der Waals surface area contributed by atoms with Crippen molar-refractivity contribution >= 4 is 73.7 Å². The van der Waals surface area contributed by atoms with Gasteiger partial charge in [0.25, 0.3) is 0 Å². The monoisotopic (exact) mass is 549 g/mol. The number of hydrogen-bond acceptors (Lipinski definition) is 3. The van der Waals surface area contributed by atoms with Crippen LogP contribution in [0.2, 0.25) is 0 Å². The molecule has 0 amide bonds. The van der Waals surface area contributed by atoms with Crippen LogP contribution >= 0.6 is 67.8 Å². The van der Waals surface area contributed by atoms with Gasteiger partial charge in [-0.15, -0.1) is 0 Å². The van der Waals surface area contributed by atoms with Gasteiger partial charge >= 0.3 is 5.97 Å². The molecule has 0 spiro atoms. The first kappa shape index (κ1) is 14.7. The Kier molecular flexibility index (Phi) is 6.99. The minimum atomic E-state index is -0.463. The van der Waals surface area contributed by atoms with Gasteiger partial charge in [0.2, 0.25) is -0.565 Å². The zero-order chi connectivity index (χ0) is 11.3. The topological polar surface area (TPSA) is 29.5 Å². The van der Waals surface area contributed by atoms with E-state index in [1.54, 1.807) is 0 Å². The Morgan fingerprint density at radius 3 is 2.33 bits per heavy atom. The molecule has 88 valence electrons. The van der Waals surface area contributed by atoms with Crippen LogP contribution in [0, 0.1) is 0 Å². The number of halogens is 3. The highest BCUT2D eigenvalue weighted by Crippen LogP contribution is 2.36. The molecular weight excluding hydrogens is 535 g/mol. The number of piperidine rings is 1. The third-order valence-electron chi connectivity index (χ3n) is 2.32. The molecular formula is C9H14I3NO2. The fraction of sp³-hybridized carbons (Fsp3) is 0.889. The molecule has 0 atom stereocenters. The fourth-order valence-corrected chi connectivity index (χ4v) is 2.00. The highest BCUT2D eigenvalue weighted by atomic mass is 127. The molecule has 0 aromatic rings. The minimum absolute atomic E-state index is 0.138. The summed E-state index contributed by atoms with van der Waals surface area (Å²) in [5.41, 5.74) is 0. The maximum absolute atomic E-state index is 11.4. The van der Waals surface area contributed by atoms with E-state index in [0.717, 1.165) is 19.6 Å². The van der Waals surface area contributed by atoms with Crippen molar-refractivity contribution in [2.75, 3.05) is 26.2 Å². The first-order chi connectivity index (χ1) is 7.00. The van der Waals surface area contributed by atoms with Crippen LogP contribution in [0.3, 0.4) is 0 Å². The lowest BCUT2D eigenvalue weighted by molar-refractivity contribution is -0.141. The largest absolute Gasteiger partial charge is 0.462 e. The molecule has 0 aromatic heterocycles. The van der Waals surface area contributed by atoms with E-state index in [-0.39, 0.29) is 5.97 Å². The SMILES string of the molecule is O=C(OCCN1CCCCC1)C(I)(I)I. The number of esters is 1. The Bertz CT molecular complexity index is 212. The van der Waals surface area contributed by atoms with Crippen LogP contribution in [-0.4, -0.2) is 36.5 Å². The van der Waals surface area contributed by atoms with E-state index in [9.17, 15) is 4.79 Å². The van der Waals surface area contributed by atoms with Crippen LogP contribution in [0.5, 0.6) is 0 Å². The summed E-state index contributed by atoms with van der Waals surface area (Å²) >= 11 is 6.25. The van der Waals surface area contributed by atoms with Crippen molar-refractivity contribution in [3.8, 4) is 0 Å². The molecule has 1 fully saturated rings. The molecule has 1 saturated heterocycles. The van der Waals surface area contributed by atoms with Gasteiger partial charge in [-0.05, 0) is 93.7 Å². The van der Waals surface area contributed by atoms with E-state index in [2.05, 4.69) is 72.7 Å². The van der Waals surface area contributed by atoms with Gasteiger partial charge in [-0.25, -0.2) is 4.79 Å². The van der Waals surface area contributed by atoms with E-state index in [1.807, 2.05) is 0 Å². The molecule has 6 heteroatoms. The van der Waals surface area contributed by atoms with Crippen molar-refractivity contribution in [2.24, 2.45) is 0 Å². The maximum Gasteiger partial charge on any atom is 0.342 e. The second kappa shape index (κ2) is 7.14. The van der Waals surface area contributed by atoms with Crippen molar-refractivity contribution in [1.82, 2.24) is 4.90 Å². The summed E-state index contributed by atoms with van der Waals surface area (Å²) in [6.45, 7) is 3.71. The average Bonchev–Trinajstić information content (AvgIpc) is 2.18. The molecule has 0 saturated carbocycles. The Balaban J connectivity index is 2.12. The average molecular weight is 549 g/mol. The Morgan fingerprint density at radius 2 is 1.80 bits per heavy atom. The van der Waals surface area contributed by atoms with Gasteiger partial charge in [0.1, 0.15) is 6.61 Å². The predicted octanol–water partition coefficient (Wildman–Crippen LogP) is 2.97. The van der Waals surface area contributed by atoms with Gasteiger partial charge in [-0.3, -0.25) is 4.90 Å². The summed E-state index contributed by atoms with van der Waals surface area (Å²) in [6.07, 6.45) is 3.90. The molecule has 1 aliphatic rings. The second-order valence-electron chi connectivity index (χ2n) is 3.54. The lowest BCUT2D eigenvalue weighted by Gasteiger charge is -2.26. The second-order valence-corrected chi connectivity index (χ2v) is 14.6. The summed E-state index contributed by atoms with van der Waals surface area (Å²) in [5, 5.41) is 0. The molecule has 1 rings (SSSR count). The van der Waals surface area contributed by atoms with E-state index in [1.165, 1.54) is 19.3 Å². The summed E-state index contributed by atoms with van der Waals surface area (Å²) in [6, 6.07) is 0. The van der Waals surface area contributed by atoms with Gasteiger partial charge in [-0.1, -0.05) is 6.42 Å². The number of likely N-dealkylation sites (tertiary alicyclic amines) is 1. The normalized spacial score (nSPS) is 18.9. The van der Waals surface area contributed by atoms with Crippen LogP contribution in [-0.2, 0) is 9.53 Å². The number of ether oxygens (including phenoxy) is 1. The maximum atomic E-state index is 11.4. The Labute approximate surface area is 131 Å². The number of hydrogen-bond donors (Lipinski definition) is 0. The fourth-order valence-electron chi connectivity index (χ4n) is 1.53. The lowest BCUT2D eigenvalue weighted by atomic mass is 10.1. The zero-order valence-corrected chi connectivity index (χ0v) is 14.8. The van der Waals surface area contributed by atoms with Gasteiger partial charge in [0.05, 0.1) is 0 Å². The first-order valence-corrected chi connectivity index (χ1v) is 8.20. The number of carbonyl (C=O) groups is 1. The van der Waals surface area contributed by atoms with E-state index in [0.29, 0.717) is 6.61 Å². The van der Waals surface area contributed by atoms with E-state index < -0.39 is -0.565 Å². The number of alkyl halides is 3. The highest BCUT2D eigenvalue weighted by Gasteiger charge is 2.30. The van der Waals surface area contributed by atoms with Gasteiger partial charge in [0.15, 0.2) is 0 Å². The van der Waals surface area contributed by atoms with Crippen LogP contribution in [0.25, 0.3) is 0 Å². The molecule has 0 aromatic carbocycles. The van der Waals surface area contributed by atoms with Crippen LogP contribution in [0.15, 0.2) is 0 Å². The molecule has 15 heavy (non-hydrogen) atoms. The molecule has 0 bridgehead atoms. The van der Waals surface area contributed by atoms with Crippen LogP contribution < -0.4 is 0 Å². The van der Waals surface area contributed by atoms with Crippen molar-refractivity contribution in [1.29, 1.82) is 0 Å². The number of carbonyl (C=O) groups excluding carboxylic acids is 1. The third kappa shape index (κ3) is 6.20. The predicted molar refractivity (Wildman–Crippen MR) is 86.0 cm³/mol. The third-order valence-corrected chi connectivity index (χ3v) is 3.64. The van der Waals surface area contributed by atoms with Crippen molar-refractivity contribution in [3.05, 3.63) is 0 Å². The Morgan fingerprint density at radius 1 is 1.20 bits per heavy atom. The van der Waals surface area contributed by atoms with Crippen LogP contribution in [0.4, 0.5) is 0 Å². The van der Waals surface area contributed by atoms with Gasteiger partial charge in [0, 0.05) is 6.54 Å². The van der Waals surface area contributed by atoms with Gasteiger partial charge in [-0.2, -0.15) is 0 Å². The number of rotatable bonds is 4. The quantitative estimate of drug-likeness (QED) is 0.307. The lowest BCUT2D eigenvalue weighted by Crippen LogP contribution is -2.34. The smallest absolute Gasteiger partial charge is 0.342 e. The molecule has 0 radical (unpaired) electrons. The molecule has 0 unspecified atom stereocenters. The highest BCUT2D eigenvalue weighted by molar-refractivity contribution is 14.3. The summed E-state index contributed by atoms with van der Waals surface area (Å²) in [7, 11) is 0. The van der Waals surface area contributed by atoms with E-state index >= 15 is 0 Å². The molecule has 0 N–H and O–H groups in total. The van der Waals surface area contributed by atoms with E-state index in [4.69, 9.17) is 4.74 Å². The summed E-state index contributed by atoms with van der Waals surface area (Å²) in [5.74, 6) is -0.138. The van der Waals surface area contributed by atoms with Crippen molar-refractivity contribution in [3.63, 3.8) is 0 Å². The zero-order valence-electron chi connectivity index (χ0n) is 8.35. The van der Waals surface area contributed by atoms with Crippen molar-refractivity contribution < 1.29 is 9.53 Å².